The lowest BCUT2D eigenvalue weighted by Crippen LogP contribution is -2.18. The van der Waals surface area contributed by atoms with Gasteiger partial charge in [-0.25, -0.2) is 19.6 Å². The summed E-state index contributed by atoms with van der Waals surface area (Å²) >= 11 is 11.7. The second kappa shape index (κ2) is 13.1. The van der Waals surface area contributed by atoms with Crippen LogP contribution in [0.5, 0.6) is 0 Å². The van der Waals surface area contributed by atoms with E-state index in [0.29, 0.717) is 30.6 Å². The Labute approximate surface area is 194 Å². The van der Waals surface area contributed by atoms with Gasteiger partial charge in [-0.1, -0.05) is 23.2 Å². The van der Waals surface area contributed by atoms with Gasteiger partial charge in [-0.15, -0.1) is 0 Å². The highest BCUT2D eigenvalue weighted by atomic mass is 35.5. The second-order valence-electron chi connectivity index (χ2n) is 6.18. The van der Waals surface area contributed by atoms with E-state index in [-0.39, 0.29) is 34.6 Å². The van der Waals surface area contributed by atoms with Gasteiger partial charge in [0, 0.05) is 23.5 Å². The summed E-state index contributed by atoms with van der Waals surface area (Å²) in [5.74, 6) is -1.12. The smallest absolute Gasteiger partial charge is 0.358 e. The van der Waals surface area contributed by atoms with E-state index >= 15 is 0 Å². The number of pyridine rings is 2. The first-order valence-electron chi connectivity index (χ1n) is 9.74. The molecule has 0 spiro atoms. The van der Waals surface area contributed by atoms with Crippen molar-refractivity contribution in [3.05, 3.63) is 57.1 Å². The van der Waals surface area contributed by atoms with Gasteiger partial charge in [-0.3, -0.25) is 4.79 Å². The van der Waals surface area contributed by atoms with Crippen molar-refractivity contribution in [2.24, 2.45) is 0 Å². The predicted octanol–water partition coefficient (Wildman–Crippen LogP) is 4.07. The average Bonchev–Trinajstić information content (AvgIpc) is 2.80. The van der Waals surface area contributed by atoms with Crippen molar-refractivity contribution in [2.45, 2.75) is 26.6 Å². The zero-order valence-electron chi connectivity index (χ0n) is 17.5. The van der Waals surface area contributed by atoms with Gasteiger partial charge < -0.3 is 18.9 Å². The minimum atomic E-state index is -0.588. The quantitative estimate of drug-likeness (QED) is 0.441. The zero-order chi connectivity index (χ0) is 23.5. The maximum absolute atomic E-state index is 11.5. The van der Waals surface area contributed by atoms with Gasteiger partial charge >= 0.3 is 11.9 Å². The first-order valence-corrected chi connectivity index (χ1v) is 10.5. The molecule has 0 atom stereocenters. The van der Waals surface area contributed by atoms with Gasteiger partial charge in [-0.2, -0.15) is 0 Å². The van der Waals surface area contributed by atoms with Crippen molar-refractivity contribution in [3.63, 3.8) is 0 Å². The molecule has 9 nitrogen and oxygen atoms in total. The molecule has 0 N–H and O–H groups in total. The highest BCUT2D eigenvalue weighted by Crippen LogP contribution is 2.26. The number of halogens is 2. The van der Waals surface area contributed by atoms with E-state index in [0.717, 1.165) is 6.42 Å². The average molecular weight is 485 g/mol. The van der Waals surface area contributed by atoms with Crippen LogP contribution < -0.4 is 0 Å². The Morgan fingerprint density at radius 2 is 1.53 bits per heavy atom. The Morgan fingerprint density at radius 3 is 2.00 bits per heavy atom. The van der Waals surface area contributed by atoms with E-state index in [1.807, 2.05) is 0 Å². The van der Waals surface area contributed by atoms with Gasteiger partial charge in [-0.05, 0) is 32.4 Å². The van der Waals surface area contributed by atoms with Crippen molar-refractivity contribution in [1.29, 1.82) is 0 Å². The molecule has 0 radical (unpaired) electrons. The van der Waals surface area contributed by atoms with Crippen LogP contribution in [0.2, 0.25) is 10.0 Å². The maximum Gasteiger partial charge on any atom is 0.358 e. The molecule has 2 aromatic rings. The zero-order valence-corrected chi connectivity index (χ0v) is 19.0. The SMILES string of the molecule is CCOC(=O)c1ncc(C2OCCCO2)cc1Cl.CCOC(=O)c1ncc(C=O)cc1Cl. The van der Waals surface area contributed by atoms with E-state index < -0.39 is 18.2 Å². The van der Waals surface area contributed by atoms with Crippen LogP contribution in [-0.4, -0.2) is 54.6 Å². The molecule has 1 aliphatic heterocycles. The van der Waals surface area contributed by atoms with Gasteiger partial charge in [0.25, 0.3) is 0 Å². The van der Waals surface area contributed by atoms with Crippen LogP contribution in [-0.2, 0) is 18.9 Å². The first kappa shape index (κ1) is 25.7. The van der Waals surface area contributed by atoms with E-state index in [1.165, 1.54) is 18.5 Å². The molecule has 1 fully saturated rings. The van der Waals surface area contributed by atoms with Crippen molar-refractivity contribution in [3.8, 4) is 0 Å². The monoisotopic (exact) mass is 484 g/mol. The summed E-state index contributed by atoms with van der Waals surface area (Å²) < 4.78 is 20.4. The van der Waals surface area contributed by atoms with Gasteiger partial charge in [0.05, 0.1) is 36.5 Å². The highest BCUT2D eigenvalue weighted by molar-refractivity contribution is 6.33. The van der Waals surface area contributed by atoms with Crippen molar-refractivity contribution >= 4 is 41.4 Å². The summed E-state index contributed by atoms with van der Waals surface area (Å²) in [7, 11) is 0. The van der Waals surface area contributed by atoms with Crippen LogP contribution in [0.25, 0.3) is 0 Å². The normalized spacial score (nSPS) is 13.5. The molecule has 0 saturated carbocycles. The fourth-order valence-electron chi connectivity index (χ4n) is 2.48. The molecule has 0 unspecified atom stereocenters. The van der Waals surface area contributed by atoms with Crippen LogP contribution in [0.3, 0.4) is 0 Å². The van der Waals surface area contributed by atoms with Crippen LogP contribution in [0.15, 0.2) is 24.5 Å². The number of aldehydes is 1. The second-order valence-corrected chi connectivity index (χ2v) is 7.00. The number of carbonyl (C=O) groups is 3. The Morgan fingerprint density at radius 1 is 1.00 bits per heavy atom. The number of hydrogen-bond donors (Lipinski definition) is 0. The largest absolute Gasteiger partial charge is 0.461 e. The summed E-state index contributed by atoms with van der Waals surface area (Å²) in [6.07, 6.45) is 3.81. The van der Waals surface area contributed by atoms with E-state index in [2.05, 4.69) is 9.97 Å². The molecule has 0 aromatic carbocycles. The summed E-state index contributed by atoms with van der Waals surface area (Å²) in [5, 5.41) is 0.358. The molecule has 2 aromatic heterocycles. The Hall–Kier alpha value is -2.59. The summed E-state index contributed by atoms with van der Waals surface area (Å²) in [6.45, 7) is 5.24. The van der Waals surface area contributed by atoms with Crippen molar-refractivity contribution in [1.82, 2.24) is 9.97 Å². The lowest BCUT2D eigenvalue weighted by atomic mass is 10.2. The number of rotatable bonds is 6. The summed E-state index contributed by atoms with van der Waals surface area (Å²) in [5.41, 5.74) is 1.16. The van der Waals surface area contributed by atoms with Crippen LogP contribution in [0.1, 0.15) is 63.5 Å². The molecular weight excluding hydrogens is 463 g/mol. The molecule has 172 valence electrons. The summed E-state index contributed by atoms with van der Waals surface area (Å²) in [4.78, 5) is 40.8. The predicted molar refractivity (Wildman–Crippen MR) is 115 cm³/mol. The van der Waals surface area contributed by atoms with Crippen molar-refractivity contribution in [2.75, 3.05) is 26.4 Å². The fourth-order valence-corrected chi connectivity index (χ4v) is 2.98. The minimum Gasteiger partial charge on any atom is -0.461 e. The van der Waals surface area contributed by atoms with Crippen LogP contribution >= 0.6 is 23.2 Å². The number of aromatic nitrogens is 2. The third-order valence-electron chi connectivity index (χ3n) is 3.90. The lowest BCUT2D eigenvalue weighted by molar-refractivity contribution is -0.183. The van der Waals surface area contributed by atoms with Gasteiger partial charge in [0.2, 0.25) is 0 Å². The van der Waals surface area contributed by atoms with Gasteiger partial charge in [0.1, 0.15) is 0 Å². The molecule has 0 bridgehead atoms. The maximum atomic E-state index is 11.5. The molecule has 1 aliphatic rings. The Bertz CT molecular complexity index is 950. The number of hydrogen-bond acceptors (Lipinski definition) is 9. The summed E-state index contributed by atoms with van der Waals surface area (Å²) in [6, 6.07) is 2.99. The standard InChI is InChI=1S/C12H14ClNO4.C9H8ClNO3/c1-2-16-11(15)10-9(13)6-8(7-14-10)12-17-4-3-5-18-12;1-2-14-9(13)8-7(10)3-6(5-12)4-11-8/h6-7,12H,2-5H2,1H3;3-5H,2H2,1H3. The van der Waals surface area contributed by atoms with E-state index in [1.54, 1.807) is 19.9 Å². The highest BCUT2D eigenvalue weighted by Gasteiger charge is 2.20. The molecule has 11 heteroatoms. The molecular formula is C21H22Cl2N2O7. The molecule has 1 saturated heterocycles. The Kier molecular flexibility index (Phi) is 10.5. The van der Waals surface area contributed by atoms with Gasteiger partial charge in [0.15, 0.2) is 24.0 Å². The lowest BCUT2D eigenvalue weighted by Gasteiger charge is -2.23. The molecule has 0 aliphatic carbocycles. The fraction of sp³-hybridized carbons (Fsp3) is 0.381. The number of ether oxygens (including phenoxy) is 4. The third-order valence-corrected chi connectivity index (χ3v) is 4.47. The van der Waals surface area contributed by atoms with E-state index in [4.69, 9.17) is 42.1 Å². The van der Waals surface area contributed by atoms with Crippen molar-refractivity contribution < 1.29 is 33.3 Å². The number of carbonyl (C=O) groups excluding carboxylic acids is 3. The molecule has 0 amide bonds. The van der Waals surface area contributed by atoms with Crippen LogP contribution in [0.4, 0.5) is 0 Å². The number of nitrogens with zero attached hydrogens (tertiary/aromatic N) is 2. The molecule has 32 heavy (non-hydrogen) atoms. The molecule has 3 heterocycles. The molecule has 3 rings (SSSR count). The topological polar surface area (TPSA) is 114 Å². The van der Waals surface area contributed by atoms with Crippen LogP contribution in [0, 0.1) is 0 Å². The Balaban J connectivity index is 0.000000235. The minimum absolute atomic E-state index is 0.0270. The first-order chi connectivity index (χ1) is 15.4. The number of esters is 2. The third kappa shape index (κ3) is 7.23. The van der Waals surface area contributed by atoms with E-state index in [9.17, 15) is 14.4 Å².